The summed E-state index contributed by atoms with van der Waals surface area (Å²) in [6.07, 6.45) is -12.3. The Morgan fingerprint density at radius 2 is 1.66 bits per heavy atom. The summed E-state index contributed by atoms with van der Waals surface area (Å²) in [6.45, 7) is -1.06. The van der Waals surface area contributed by atoms with E-state index in [0.29, 0.717) is 18.4 Å². The van der Waals surface area contributed by atoms with Crippen molar-refractivity contribution in [3.63, 3.8) is 0 Å². The average molecular weight is 610 g/mol. The zero-order valence-corrected chi connectivity index (χ0v) is 21.6. The van der Waals surface area contributed by atoms with Crippen molar-refractivity contribution in [1.82, 2.24) is 4.90 Å². The number of halogens is 8. The quantitative estimate of drug-likeness (QED) is 0.279. The van der Waals surface area contributed by atoms with E-state index in [-0.39, 0.29) is 34.8 Å². The SMILES string of the molecule is CS(=O)(=O)OC(O)C[C@@]1(c2ccc(Cl)c(Cl)c2)CN(C(=O)c2cc(C(F)(F)F)cc(C(F)(F)F)c2)CCO1. The minimum absolute atomic E-state index is 0.0156. The Morgan fingerprint density at radius 3 is 2.16 bits per heavy atom. The van der Waals surface area contributed by atoms with Crippen LogP contribution in [0.5, 0.6) is 0 Å². The summed E-state index contributed by atoms with van der Waals surface area (Å²) >= 11 is 12.0. The molecule has 210 valence electrons. The number of morpholine rings is 1. The van der Waals surface area contributed by atoms with E-state index < -0.39 is 69.9 Å². The third-order valence-corrected chi connectivity index (χ3v) is 6.85. The van der Waals surface area contributed by atoms with Crippen LogP contribution in [0.25, 0.3) is 0 Å². The van der Waals surface area contributed by atoms with E-state index in [1.165, 1.54) is 18.2 Å². The molecule has 1 fully saturated rings. The first-order valence-electron chi connectivity index (χ1n) is 10.6. The number of aliphatic hydroxyl groups excluding tert-OH is 1. The number of nitrogens with zero attached hydrogens (tertiary/aromatic N) is 1. The van der Waals surface area contributed by atoms with Crippen LogP contribution in [-0.2, 0) is 37.0 Å². The first-order valence-corrected chi connectivity index (χ1v) is 13.1. The molecular weight excluding hydrogens is 591 g/mol. The molecule has 0 aromatic heterocycles. The van der Waals surface area contributed by atoms with Gasteiger partial charge in [0.1, 0.15) is 5.60 Å². The summed E-state index contributed by atoms with van der Waals surface area (Å²) in [7, 11) is -4.15. The number of carbonyl (C=O) groups is 1. The summed E-state index contributed by atoms with van der Waals surface area (Å²) in [4.78, 5) is 14.1. The van der Waals surface area contributed by atoms with E-state index in [0.717, 1.165) is 4.90 Å². The van der Waals surface area contributed by atoms with Gasteiger partial charge in [0.2, 0.25) is 0 Å². The zero-order chi connectivity index (χ0) is 28.7. The maximum atomic E-state index is 13.3. The van der Waals surface area contributed by atoms with Crippen molar-refractivity contribution in [2.75, 3.05) is 26.0 Å². The highest BCUT2D eigenvalue weighted by molar-refractivity contribution is 7.86. The predicted molar refractivity (Wildman–Crippen MR) is 123 cm³/mol. The Kier molecular flexibility index (Phi) is 8.66. The molecule has 1 aliphatic rings. The number of alkyl halides is 6. The maximum absolute atomic E-state index is 13.3. The van der Waals surface area contributed by atoms with E-state index >= 15 is 0 Å². The highest BCUT2D eigenvalue weighted by Gasteiger charge is 2.44. The van der Waals surface area contributed by atoms with Gasteiger partial charge in [-0.2, -0.15) is 34.8 Å². The van der Waals surface area contributed by atoms with Crippen molar-refractivity contribution in [3.8, 4) is 0 Å². The lowest BCUT2D eigenvalue weighted by molar-refractivity contribution is -0.152. The summed E-state index contributed by atoms with van der Waals surface area (Å²) in [5.74, 6) is -1.19. The second-order valence-electron chi connectivity index (χ2n) is 8.45. The predicted octanol–water partition coefficient (Wildman–Crippen LogP) is 5.08. The van der Waals surface area contributed by atoms with Crippen LogP contribution in [-0.4, -0.2) is 56.6 Å². The molecule has 2 aromatic carbocycles. The molecular formula is C22H19Cl2F6NO6S. The second kappa shape index (κ2) is 10.8. The highest BCUT2D eigenvalue weighted by Crippen LogP contribution is 2.40. The Morgan fingerprint density at radius 1 is 1.08 bits per heavy atom. The van der Waals surface area contributed by atoms with Crippen molar-refractivity contribution < 1.29 is 53.6 Å². The lowest BCUT2D eigenvalue weighted by Gasteiger charge is -2.44. The van der Waals surface area contributed by atoms with E-state index in [1.54, 1.807) is 0 Å². The number of carbonyl (C=O) groups excluding carboxylic acids is 1. The monoisotopic (exact) mass is 609 g/mol. The van der Waals surface area contributed by atoms with Crippen LogP contribution in [0, 0.1) is 0 Å². The lowest BCUT2D eigenvalue weighted by Crippen LogP contribution is -2.53. The highest BCUT2D eigenvalue weighted by atomic mass is 35.5. The normalized spacial score (nSPS) is 19.9. The summed E-state index contributed by atoms with van der Waals surface area (Å²) in [5, 5.41) is 10.4. The zero-order valence-electron chi connectivity index (χ0n) is 19.2. The van der Waals surface area contributed by atoms with Gasteiger partial charge in [0.05, 0.1) is 40.6 Å². The Balaban J connectivity index is 2.05. The molecule has 0 saturated carbocycles. The van der Waals surface area contributed by atoms with Gasteiger partial charge in [-0.3, -0.25) is 4.79 Å². The first kappa shape index (κ1) is 30.4. The van der Waals surface area contributed by atoms with Crippen molar-refractivity contribution in [2.24, 2.45) is 0 Å². The molecule has 1 saturated heterocycles. The largest absolute Gasteiger partial charge is 0.416 e. The van der Waals surface area contributed by atoms with Gasteiger partial charge in [-0.25, -0.2) is 4.18 Å². The molecule has 1 N–H and O–H groups in total. The van der Waals surface area contributed by atoms with E-state index in [4.69, 9.17) is 27.9 Å². The van der Waals surface area contributed by atoms with Crippen LogP contribution in [0.3, 0.4) is 0 Å². The number of rotatable bonds is 6. The van der Waals surface area contributed by atoms with Crippen LogP contribution in [0.15, 0.2) is 36.4 Å². The summed E-state index contributed by atoms with van der Waals surface area (Å²) < 4.78 is 113. The molecule has 0 radical (unpaired) electrons. The Bertz CT molecular complexity index is 1290. The van der Waals surface area contributed by atoms with Crippen molar-refractivity contribution in [3.05, 3.63) is 68.7 Å². The van der Waals surface area contributed by atoms with Crippen LogP contribution >= 0.6 is 23.2 Å². The molecule has 1 heterocycles. The molecule has 1 amide bonds. The fraction of sp³-hybridized carbons (Fsp3) is 0.409. The lowest BCUT2D eigenvalue weighted by atomic mass is 9.87. The van der Waals surface area contributed by atoms with Gasteiger partial charge >= 0.3 is 12.4 Å². The molecule has 3 rings (SSSR count). The number of hydrogen-bond donors (Lipinski definition) is 1. The smallest absolute Gasteiger partial charge is 0.367 e. The fourth-order valence-electron chi connectivity index (χ4n) is 3.93. The van der Waals surface area contributed by atoms with Crippen LogP contribution < -0.4 is 0 Å². The number of hydrogen-bond acceptors (Lipinski definition) is 6. The van der Waals surface area contributed by atoms with Crippen LogP contribution in [0.2, 0.25) is 10.0 Å². The van der Waals surface area contributed by atoms with Gasteiger partial charge in [-0.15, -0.1) is 0 Å². The Labute approximate surface area is 223 Å². The third-order valence-electron chi connectivity index (χ3n) is 5.54. The van der Waals surface area contributed by atoms with E-state index in [9.17, 15) is 44.7 Å². The van der Waals surface area contributed by atoms with Crippen molar-refractivity contribution >= 4 is 39.2 Å². The van der Waals surface area contributed by atoms with Crippen LogP contribution in [0.1, 0.15) is 33.5 Å². The number of benzene rings is 2. The molecule has 16 heteroatoms. The van der Waals surface area contributed by atoms with Gasteiger partial charge in [-0.05, 0) is 35.9 Å². The standard InChI is InChI=1S/C22H19Cl2F6NO6S/c1-38(34,35)37-18(32)10-20(13-2-3-16(23)17(24)9-13)11-31(4-5-36-20)19(33)12-6-14(21(25,26)27)8-15(7-12)22(28,29)30/h2-3,6-9,18,32H,4-5,10-11H2,1H3/t18?,20-/m0/s1. The topological polar surface area (TPSA) is 93.1 Å². The molecule has 2 atom stereocenters. The molecule has 0 bridgehead atoms. The number of amides is 1. The van der Waals surface area contributed by atoms with Crippen molar-refractivity contribution in [2.45, 2.75) is 30.7 Å². The third kappa shape index (κ3) is 7.30. The van der Waals surface area contributed by atoms with E-state index in [2.05, 4.69) is 4.18 Å². The second-order valence-corrected chi connectivity index (χ2v) is 10.9. The Hall–Kier alpha value is -2.10. The van der Waals surface area contributed by atoms with Crippen molar-refractivity contribution in [1.29, 1.82) is 0 Å². The molecule has 7 nitrogen and oxygen atoms in total. The van der Waals surface area contributed by atoms with Gasteiger partial charge in [0.15, 0.2) is 6.29 Å². The fourth-order valence-corrected chi connectivity index (χ4v) is 4.70. The van der Waals surface area contributed by atoms with Gasteiger partial charge in [0, 0.05) is 18.5 Å². The first-order chi connectivity index (χ1) is 17.3. The minimum atomic E-state index is -5.17. The molecule has 38 heavy (non-hydrogen) atoms. The summed E-state index contributed by atoms with van der Waals surface area (Å²) in [5.41, 5.74) is -5.78. The van der Waals surface area contributed by atoms with Gasteiger partial charge < -0.3 is 14.7 Å². The van der Waals surface area contributed by atoms with Gasteiger partial charge in [0.25, 0.3) is 16.0 Å². The summed E-state index contributed by atoms with van der Waals surface area (Å²) in [6, 6.07) is 4.54. The van der Waals surface area contributed by atoms with Gasteiger partial charge in [-0.1, -0.05) is 29.3 Å². The minimum Gasteiger partial charge on any atom is -0.367 e. The van der Waals surface area contributed by atoms with Crippen LogP contribution in [0.4, 0.5) is 26.3 Å². The van der Waals surface area contributed by atoms with E-state index in [1.807, 2.05) is 0 Å². The number of aliphatic hydroxyl groups is 1. The molecule has 1 aliphatic heterocycles. The molecule has 2 aromatic rings. The molecule has 1 unspecified atom stereocenters. The molecule has 0 aliphatic carbocycles. The number of ether oxygens (including phenoxy) is 1. The maximum Gasteiger partial charge on any atom is 0.416 e. The molecule has 0 spiro atoms. The average Bonchev–Trinajstić information content (AvgIpc) is 2.77.